The van der Waals surface area contributed by atoms with Gasteiger partial charge in [-0.3, -0.25) is 4.57 Å². The van der Waals surface area contributed by atoms with E-state index in [0.717, 1.165) is 99.1 Å². The SMILES string of the molecule is Fc1ccc(-c2nc(-c3ccc(-c4ccccc4)cc3)nc(-n3c4ccccc4c4ccc5c6ccccc6n(-c6cc(-c7ccccc7)c7oc8ccccc8c7c6)c5c43)n2)cc1. The summed E-state index contributed by atoms with van der Waals surface area (Å²) in [6, 6.07) is 69.6. The molecule has 6 nitrogen and oxygen atoms in total. The van der Waals surface area contributed by atoms with Crippen LogP contribution >= 0.6 is 0 Å². The maximum Gasteiger partial charge on any atom is 0.238 e. The smallest absolute Gasteiger partial charge is 0.238 e. The van der Waals surface area contributed by atoms with E-state index in [1.54, 1.807) is 12.1 Å². The van der Waals surface area contributed by atoms with E-state index in [0.29, 0.717) is 23.2 Å². The topological polar surface area (TPSA) is 61.7 Å². The van der Waals surface area contributed by atoms with Crippen molar-refractivity contribution in [3.63, 3.8) is 0 Å². The van der Waals surface area contributed by atoms with Gasteiger partial charge in [0, 0.05) is 54.7 Å². The minimum Gasteiger partial charge on any atom is -0.455 e. The van der Waals surface area contributed by atoms with E-state index in [4.69, 9.17) is 19.4 Å². The summed E-state index contributed by atoms with van der Waals surface area (Å²) in [4.78, 5) is 15.6. The number of hydrogen-bond donors (Lipinski definition) is 0. The fourth-order valence-electron chi connectivity index (χ4n) is 9.51. The van der Waals surface area contributed by atoms with Crippen LogP contribution in [0.15, 0.2) is 211 Å². The van der Waals surface area contributed by atoms with Gasteiger partial charge in [-0.25, -0.2) is 9.37 Å². The summed E-state index contributed by atoms with van der Waals surface area (Å²) < 4.78 is 25.6. The molecule has 13 aromatic rings. The van der Waals surface area contributed by atoms with Crippen LogP contribution in [-0.4, -0.2) is 24.1 Å². The number of hydrogen-bond acceptors (Lipinski definition) is 4. The normalized spacial score (nSPS) is 11.8. The Kier molecular flexibility index (Phi) is 7.99. The Morgan fingerprint density at radius 1 is 0.375 bits per heavy atom. The van der Waals surface area contributed by atoms with Crippen molar-refractivity contribution < 1.29 is 8.81 Å². The fourth-order valence-corrected chi connectivity index (χ4v) is 9.51. The first-order chi connectivity index (χ1) is 31.6. The first-order valence-corrected chi connectivity index (χ1v) is 21.3. The molecule has 9 aromatic carbocycles. The Labute approximate surface area is 365 Å². The molecule has 0 saturated carbocycles. The standard InChI is InChI=1S/C57H34FN5O/c58-40-29-27-39(28-30-40)56-59-55(38-25-23-36(24-26-38)35-13-3-1-4-14-35)60-57(61-56)63-50-21-11-8-18-43(50)46-32-31-45-42-17-7-10-20-49(42)62(52(45)53(46)63)41-33-47(37-15-5-2-6-16-37)54-48(34-41)44-19-9-12-22-51(44)64-54/h1-34H. The third kappa shape index (κ3) is 5.61. The maximum absolute atomic E-state index is 14.4. The molecule has 0 aliphatic rings. The molecule has 0 atom stereocenters. The summed E-state index contributed by atoms with van der Waals surface area (Å²) in [6.07, 6.45) is 0. The van der Waals surface area contributed by atoms with E-state index >= 15 is 0 Å². The van der Waals surface area contributed by atoms with Crippen LogP contribution in [0.25, 0.3) is 122 Å². The highest BCUT2D eigenvalue weighted by Crippen LogP contribution is 2.44. The van der Waals surface area contributed by atoms with Crippen molar-refractivity contribution in [2.75, 3.05) is 0 Å². The predicted octanol–water partition coefficient (Wildman–Crippen LogP) is 14.8. The van der Waals surface area contributed by atoms with Crippen LogP contribution in [0.4, 0.5) is 4.39 Å². The third-order valence-electron chi connectivity index (χ3n) is 12.5. The lowest BCUT2D eigenvalue weighted by atomic mass is 10.0. The molecule has 0 fully saturated rings. The molecule has 0 radical (unpaired) electrons. The van der Waals surface area contributed by atoms with Crippen LogP contribution in [0.1, 0.15) is 0 Å². The second-order valence-corrected chi connectivity index (χ2v) is 16.1. The molecular weight excluding hydrogens is 790 g/mol. The van der Waals surface area contributed by atoms with E-state index < -0.39 is 0 Å². The van der Waals surface area contributed by atoms with Crippen LogP contribution in [0, 0.1) is 5.82 Å². The van der Waals surface area contributed by atoms with E-state index in [1.165, 1.54) is 12.1 Å². The zero-order chi connectivity index (χ0) is 42.3. The molecule has 300 valence electrons. The number of aromatic nitrogens is 5. The molecule has 0 N–H and O–H groups in total. The van der Waals surface area contributed by atoms with Crippen molar-refractivity contribution in [1.82, 2.24) is 24.1 Å². The van der Waals surface area contributed by atoms with Crippen molar-refractivity contribution in [3.8, 4) is 56.7 Å². The lowest BCUT2D eigenvalue weighted by molar-refractivity contribution is 0.628. The van der Waals surface area contributed by atoms with Gasteiger partial charge in [0.2, 0.25) is 5.95 Å². The number of fused-ring (bicyclic) bond motifs is 10. The van der Waals surface area contributed by atoms with Gasteiger partial charge in [0.1, 0.15) is 17.0 Å². The number of para-hydroxylation sites is 3. The largest absolute Gasteiger partial charge is 0.455 e. The summed E-state index contributed by atoms with van der Waals surface area (Å²) in [5.41, 5.74) is 12.5. The van der Waals surface area contributed by atoms with Gasteiger partial charge in [-0.2, -0.15) is 9.97 Å². The van der Waals surface area contributed by atoms with Crippen LogP contribution in [-0.2, 0) is 0 Å². The van der Waals surface area contributed by atoms with Crippen LogP contribution in [0.2, 0.25) is 0 Å². The zero-order valence-electron chi connectivity index (χ0n) is 34.2. The Balaban J connectivity index is 1.14. The molecule has 64 heavy (non-hydrogen) atoms. The van der Waals surface area contributed by atoms with Crippen LogP contribution in [0.5, 0.6) is 0 Å². The van der Waals surface area contributed by atoms with Gasteiger partial charge in [0.05, 0.1) is 22.1 Å². The Hall–Kier alpha value is -8.68. The van der Waals surface area contributed by atoms with Gasteiger partial charge in [-0.05, 0) is 71.3 Å². The second-order valence-electron chi connectivity index (χ2n) is 16.1. The van der Waals surface area contributed by atoms with Crippen molar-refractivity contribution in [1.29, 1.82) is 0 Å². The molecule has 13 rings (SSSR count). The average Bonchev–Trinajstić information content (AvgIpc) is 4.02. The van der Waals surface area contributed by atoms with Crippen LogP contribution in [0.3, 0.4) is 0 Å². The van der Waals surface area contributed by atoms with Gasteiger partial charge in [0.15, 0.2) is 11.6 Å². The van der Waals surface area contributed by atoms with Crippen molar-refractivity contribution in [3.05, 3.63) is 212 Å². The first kappa shape index (κ1) is 36.0. The van der Waals surface area contributed by atoms with Crippen molar-refractivity contribution in [2.45, 2.75) is 0 Å². The summed E-state index contributed by atoms with van der Waals surface area (Å²) in [6.45, 7) is 0. The van der Waals surface area contributed by atoms with Gasteiger partial charge < -0.3 is 8.98 Å². The number of nitrogens with zero attached hydrogens (tertiary/aromatic N) is 5. The highest BCUT2D eigenvalue weighted by Gasteiger charge is 2.25. The predicted molar refractivity (Wildman–Crippen MR) is 257 cm³/mol. The number of furan rings is 1. The fraction of sp³-hybridized carbons (Fsp3) is 0. The summed E-state index contributed by atoms with van der Waals surface area (Å²) in [5, 5.41) is 6.43. The summed E-state index contributed by atoms with van der Waals surface area (Å²) >= 11 is 0. The Morgan fingerprint density at radius 3 is 1.53 bits per heavy atom. The third-order valence-corrected chi connectivity index (χ3v) is 12.5. The Bertz CT molecular complexity index is 3950. The lowest BCUT2D eigenvalue weighted by Crippen LogP contribution is -2.07. The van der Waals surface area contributed by atoms with Crippen LogP contribution < -0.4 is 0 Å². The molecule has 0 spiro atoms. The monoisotopic (exact) mass is 823 g/mol. The number of benzene rings is 9. The van der Waals surface area contributed by atoms with Gasteiger partial charge in [-0.1, -0.05) is 152 Å². The highest BCUT2D eigenvalue weighted by molar-refractivity contribution is 6.24. The van der Waals surface area contributed by atoms with E-state index in [9.17, 15) is 4.39 Å². The van der Waals surface area contributed by atoms with Crippen molar-refractivity contribution >= 4 is 65.6 Å². The van der Waals surface area contributed by atoms with Gasteiger partial charge >= 0.3 is 0 Å². The molecule has 4 heterocycles. The molecule has 0 unspecified atom stereocenters. The summed E-state index contributed by atoms with van der Waals surface area (Å²) in [7, 11) is 0. The molecule has 0 aliphatic carbocycles. The minimum absolute atomic E-state index is 0.329. The zero-order valence-corrected chi connectivity index (χ0v) is 34.2. The Morgan fingerprint density at radius 2 is 0.875 bits per heavy atom. The lowest BCUT2D eigenvalue weighted by Gasteiger charge is -2.14. The number of rotatable bonds is 6. The van der Waals surface area contributed by atoms with E-state index in [2.05, 4.69) is 155 Å². The maximum atomic E-state index is 14.4. The summed E-state index contributed by atoms with van der Waals surface area (Å²) in [5.74, 6) is 1.07. The second kappa shape index (κ2) is 14.2. The minimum atomic E-state index is -0.329. The van der Waals surface area contributed by atoms with E-state index in [-0.39, 0.29) is 5.82 Å². The molecule has 0 saturated heterocycles. The average molecular weight is 824 g/mol. The molecule has 7 heteroatoms. The molecular formula is C57H34FN5O. The van der Waals surface area contributed by atoms with Gasteiger partial charge in [0.25, 0.3) is 0 Å². The molecule has 0 aliphatic heterocycles. The van der Waals surface area contributed by atoms with E-state index in [1.807, 2.05) is 36.4 Å². The quantitative estimate of drug-likeness (QED) is 0.168. The first-order valence-electron chi connectivity index (χ1n) is 21.3. The number of halogens is 1. The highest BCUT2D eigenvalue weighted by atomic mass is 19.1. The van der Waals surface area contributed by atoms with Gasteiger partial charge in [-0.15, -0.1) is 0 Å². The molecule has 0 bridgehead atoms. The molecule has 0 amide bonds. The molecule has 4 aromatic heterocycles. The van der Waals surface area contributed by atoms with Crippen molar-refractivity contribution in [2.24, 2.45) is 0 Å².